The van der Waals surface area contributed by atoms with Crippen molar-refractivity contribution in [2.75, 3.05) is 6.61 Å². The van der Waals surface area contributed by atoms with Crippen LogP contribution >= 0.6 is 0 Å². The van der Waals surface area contributed by atoms with Gasteiger partial charge in [-0.1, -0.05) is 127 Å². The number of hydrogen-bond acceptors (Lipinski definition) is 1. The van der Waals surface area contributed by atoms with E-state index in [1.165, 1.54) is 64.2 Å². The van der Waals surface area contributed by atoms with Gasteiger partial charge in [0.25, 0.3) is 0 Å². The molecule has 0 aromatic rings. The molecule has 0 fully saturated rings. The molecule has 1 nitrogen and oxygen atoms in total. The van der Waals surface area contributed by atoms with Crippen LogP contribution in [0.15, 0.2) is 0 Å². The van der Waals surface area contributed by atoms with Crippen LogP contribution in [0.1, 0.15) is 133 Å². The van der Waals surface area contributed by atoms with Crippen molar-refractivity contribution >= 4 is 32.2 Å². The minimum Gasteiger partial charge on any atom is -0.417 e. The molecule has 0 aliphatic rings. The summed E-state index contributed by atoms with van der Waals surface area (Å²) in [6, 6.07) is 0. The van der Waals surface area contributed by atoms with E-state index in [9.17, 15) is 0 Å². The van der Waals surface area contributed by atoms with E-state index in [4.69, 9.17) is 4.43 Å². The monoisotopic (exact) mass is 510 g/mol. The van der Waals surface area contributed by atoms with Gasteiger partial charge in [-0.05, 0) is 24.6 Å². The van der Waals surface area contributed by atoms with Gasteiger partial charge in [-0.25, -0.2) is 0 Å². The summed E-state index contributed by atoms with van der Waals surface area (Å²) in [5, 5.41) is 0.359. The van der Waals surface area contributed by atoms with Crippen LogP contribution in [0.25, 0.3) is 0 Å². The zero-order chi connectivity index (χ0) is 21.5. The van der Waals surface area contributed by atoms with Gasteiger partial charge in [-0.2, -0.15) is 0 Å². The molecule has 27 heavy (non-hydrogen) atoms. The Morgan fingerprint density at radius 1 is 0.556 bits per heavy atom. The second-order valence-electron chi connectivity index (χ2n) is 8.67. The van der Waals surface area contributed by atoms with Gasteiger partial charge in [0.15, 0.2) is 8.32 Å². The van der Waals surface area contributed by atoms with Crippen molar-refractivity contribution in [1.82, 2.24) is 0 Å². The molecule has 0 atom stereocenters. The largest absolute Gasteiger partial charge is 0.417 e. The van der Waals surface area contributed by atoms with Crippen molar-refractivity contribution in [3.63, 3.8) is 0 Å². The van der Waals surface area contributed by atoms with E-state index in [1.54, 1.807) is 0 Å². The fourth-order valence-electron chi connectivity index (χ4n) is 1.07. The number of rotatable bonds is 9. The van der Waals surface area contributed by atoms with Crippen LogP contribution in [-0.4, -0.2) is 38.8 Å². The van der Waals surface area contributed by atoms with Crippen LogP contribution in [0, 0.1) is 0 Å². The Hall–Kier alpha value is 0.976. The quantitative estimate of drug-likeness (QED) is 0.222. The summed E-state index contributed by atoms with van der Waals surface area (Å²) in [5.41, 5.74) is 0. The molecule has 0 bridgehead atoms. The maximum absolute atomic E-state index is 6.08. The standard InChI is InChI=1S/C12H28OSi.3C4H10.Sn/c1-7-8-9-10-11-13-14(5,6)12(2,3)4;3*1-3-4-2;/h7-11H2,1-6H3;3*3-4H2,1-2H3;. The molecule has 0 unspecified atom stereocenters. The maximum atomic E-state index is 6.08. The van der Waals surface area contributed by atoms with Gasteiger partial charge < -0.3 is 4.43 Å². The van der Waals surface area contributed by atoms with E-state index in [0.29, 0.717) is 5.04 Å². The summed E-state index contributed by atoms with van der Waals surface area (Å²) in [7, 11) is -1.47. The molecule has 0 aromatic heterocycles. The van der Waals surface area contributed by atoms with Gasteiger partial charge in [0.05, 0.1) is 0 Å². The first-order valence-corrected chi connectivity index (χ1v) is 14.6. The van der Waals surface area contributed by atoms with E-state index in [0.717, 1.165) is 6.61 Å². The normalized spacial score (nSPS) is 10.2. The Morgan fingerprint density at radius 2 is 0.889 bits per heavy atom. The second kappa shape index (κ2) is 29.2. The minimum atomic E-state index is -1.47. The van der Waals surface area contributed by atoms with Crippen LogP contribution in [-0.2, 0) is 4.43 Å². The van der Waals surface area contributed by atoms with Crippen LogP contribution in [0.4, 0.5) is 0 Å². The first-order chi connectivity index (χ1) is 12.1. The second-order valence-corrected chi connectivity index (χ2v) is 13.5. The van der Waals surface area contributed by atoms with Crippen molar-refractivity contribution in [3.8, 4) is 0 Å². The molecular formula is C24H58OSiSn. The van der Waals surface area contributed by atoms with Crippen LogP contribution in [0.3, 0.4) is 0 Å². The van der Waals surface area contributed by atoms with E-state index < -0.39 is 8.32 Å². The molecule has 168 valence electrons. The third-order valence-corrected chi connectivity index (χ3v) is 9.31. The van der Waals surface area contributed by atoms with Crippen LogP contribution < -0.4 is 0 Å². The predicted molar refractivity (Wildman–Crippen MR) is 135 cm³/mol. The molecule has 0 aliphatic carbocycles. The van der Waals surface area contributed by atoms with Crippen molar-refractivity contribution in [1.29, 1.82) is 0 Å². The maximum Gasteiger partial charge on any atom is 0.191 e. The Bertz CT molecular complexity index is 209. The van der Waals surface area contributed by atoms with E-state index in [-0.39, 0.29) is 23.9 Å². The van der Waals surface area contributed by atoms with E-state index in [1.807, 2.05) is 0 Å². The van der Waals surface area contributed by atoms with Crippen molar-refractivity contribution in [3.05, 3.63) is 0 Å². The van der Waals surface area contributed by atoms with Gasteiger partial charge >= 0.3 is 0 Å². The summed E-state index contributed by atoms with van der Waals surface area (Å²) in [5.74, 6) is 0. The van der Waals surface area contributed by atoms with Gasteiger partial charge in [0.1, 0.15) is 0 Å². The van der Waals surface area contributed by atoms with E-state index in [2.05, 4.69) is 82.3 Å². The number of hydrogen-bond donors (Lipinski definition) is 0. The molecule has 0 aromatic carbocycles. The molecule has 0 N–H and O–H groups in total. The SMILES string of the molecule is CCCC.CCCC.CCCC.CCCCCCO[Si](C)(C)C(C)(C)C.[Sn]. The van der Waals surface area contributed by atoms with Gasteiger partial charge in [-0.3, -0.25) is 0 Å². The topological polar surface area (TPSA) is 9.23 Å². The van der Waals surface area contributed by atoms with E-state index >= 15 is 0 Å². The molecule has 0 saturated heterocycles. The zero-order valence-electron chi connectivity index (χ0n) is 21.7. The number of unbranched alkanes of at least 4 members (excludes halogenated alkanes) is 6. The minimum absolute atomic E-state index is 0. The smallest absolute Gasteiger partial charge is 0.191 e. The van der Waals surface area contributed by atoms with Gasteiger partial charge in [0, 0.05) is 30.5 Å². The fourth-order valence-corrected chi connectivity index (χ4v) is 2.16. The molecule has 0 amide bonds. The molecule has 0 heterocycles. The predicted octanol–water partition coefficient (Wildman–Crippen LogP) is 9.63. The van der Waals surface area contributed by atoms with Crippen LogP contribution in [0.2, 0.25) is 18.1 Å². The molecule has 0 saturated carbocycles. The average molecular weight is 510 g/mol. The Labute approximate surface area is 194 Å². The Morgan fingerprint density at radius 3 is 1.11 bits per heavy atom. The Kier molecular flexibility index (Phi) is 41.7. The zero-order valence-corrected chi connectivity index (χ0v) is 25.5. The van der Waals surface area contributed by atoms with Gasteiger partial charge in [0.2, 0.25) is 0 Å². The van der Waals surface area contributed by atoms with Crippen molar-refractivity contribution in [2.24, 2.45) is 0 Å². The fraction of sp³-hybridized carbons (Fsp3) is 1.00. The first-order valence-electron chi connectivity index (χ1n) is 11.7. The summed E-state index contributed by atoms with van der Waals surface area (Å²) in [4.78, 5) is 0. The average Bonchev–Trinajstić information content (AvgIpc) is 2.61. The first kappa shape index (κ1) is 38.6. The summed E-state index contributed by atoms with van der Waals surface area (Å²) >= 11 is 0. The molecule has 0 spiro atoms. The van der Waals surface area contributed by atoms with Crippen LogP contribution in [0.5, 0.6) is 0 Å². The summed E-state index contributed by atoms with van der Waals surface area (Å²) in [6.07, 6.45) is 13.1. The third kappa shape index (κ3) is 38.2. The molecule has 0 rings (SSSR count). The van der Waals surface area contributed by atoms with Gasteiger partial charge in [-0.15, -0.1) is 0 Å². The summed E-state index contributed by atoms with van der Waals surface area (Å²) in [6.45, 7) is 27.8. The molecule has 3 heteroatoms. The van der Waals surface area contributed by atoms with Crippen molar-refractivity contribution in [2.45, 2.75) is 152 Å². The van der Waals surface area contributed by atoms with Crippen molar-refractivity contribution < 1.29 is 4.43 Å². The molecular weight excluding hydrogens is 451 g/mol. The Balaban J connectivity index is -0.000000102. The third-order valence-electron chi connectivity index (χ3n) is 4.77. The summed E-state index contributed by atoms with van der Waals surface area (Å²) < 4.78 is 6.08. The molecule has 0 aliphatic heterocycles. The molecule has 4 radical (unpaired) electrons.